The molecule has 0 unspecified atom stereocenters. The number of aliphatic carboxylic acids is 2. The molecule has 0 saturated heterocycles. The highest BCUT2D eigenvalue weighted by atomic mass is 16.4. The second-order valence-corrected chi connectivity index (χ2v) is 13.8. The van der Waals surface area contributed by atoms with Crippen molar-refractivity contribution in [1.82, 2.24) is 37.2 Å². The van der Waals surface area contributed by atoms with Gasteiger partial charge in [0.05, 0.1) is 31.3 Å². The fourth-order valence-electron chi connectivity index (χ4n) is 4.78. The van der Waals surface area contributed by atoms with E-state index in [1.54, 1.807) is 13.8 Å². The van der Waals surface area contributed by atoms with Gasteiger partial charge in [-0.1, -0.05) is 34.1 Å². The second kappa shape index (κ2) is 23.8. The minimum absolute atomic E-state index is 0.0111. The molecular weight excluding hydrogens is 732 g/mol. The van der Waals surface area contributed by atoms with Crippen LogP contribution in [0.1, 0.15) is 74.7 Å². The Kier molecular flexibility index (Phi) is 21.6. The molecule has 0 aromatic rings. The number of aliphatic hydroxyl groups is 3. The van der Waals surface area contributed by atoms with E-state index in [9.17, 15) is 58.5 Å². The monoisotopic (exact) mass is 790 g/mol. The zero-order valence-electron chi connectivity index (χ0n) is 32.2. The summed E-state index contributed by atoms with van der Waals surface area (Å²) >= 11 is 0. The Labute approximate surface area is 318 Å². The van der Waals surface area contributed by atoms with Gasteiger partial charge in [0.2, 0.25) is 41.4 Å². The van der Waals surface area contributed by atoms with E-state index >= 15 is 0 Å². The van der Waals surface area contributed by atoms with Gasteiger partial charge in [0, 0.05) is 0 Å². The zero-order valence-corrected chi connectivity index (χ0v) is 32.2. The summed E-state index contributed by atoms with van der Waals surface area (Å²) in [5, 5.41) is 63.9. The highest BCUT2D eigenvalue weighted by molar-refractivity contribution is 5.98. The fourth-order valence-corrected chi connectivity index (χ4v) is 4.78. The third-order valence-electron chi connectivity index (χ3n) is 8.29. The highest BCUT2D eigenvalue weighted by Gasteiger charge is 2.37. The number of hydrogen-bond donors (Lipinski definition) is 13. The summed E-state index contributed by atoms with van der Waals surface area (Å²) in [7, 11) is 0. The van der Waals surface area contributed by atoms with Crippen LogP contribution in [0, 0.1) is 11.8 Å². The van der Waals surface area contributed by atoms with Gasteiger partial charge in [-0.25, -0.2) is 4.79 Å². The predicted octanol–water partition coefficient (Wildman–Crippen LogP) is -4.85. The first-order chi connectivity index (χ1) is 25.4. The van der Waals surface area contributed by atoms with Crippen LogP contribution in [0.2, 0.25) is 0 Å². The summed E-state index contributed by atoms with van der Waals surface area (Å²) in [4.78, 5) is 113. The smallest absolute Gasteiger partial charge is 0.328 e. The van der Waals surface area contributed by atoms with E-state index in [1.807, 2.05) is 19.2 Å². The largest absolute Gasteiger partial charge is 0.481 e. The lowest BCUT2D eigenvalue weighted by Crippen LogP contribution is -2.63. The minimum Gasteiger partial charge on any atom is -0.481 e. The third kappa shape index (κ3) is 17.4. The molecule has 0 aromatic heterocycles. The lowest BCUT2D eigenvalue weighted by Gasteiger charge is -2.30. The van der Waals surface area contributed by atoms with Gasteiger partial charge >= 0.3 is 11.9 Å². The molecular formula is C33H58N8O14. The van der Waals surface area contributed by atoms with Crippen LogP contribution in [0.4, 0.5) is 0 Å². The number of hydrogen-bond acceptors (Lipinski definition) is 13. The van der Waals surface area contributed by atoms with Crippen molar-refractivity contribution >= 4 is 53.3 Å². The van der Waals surface area contributed by atoms with Crippen molar-refractivity contribution in [3.8, 4) is 0 Å². The number of amides is 7. The van der Waals surface area contributed by atoms with Crippen molar-refractivity contribution in [3.05, 3.63) is 0 Å². The summed E-state index contributed by atoms with van der Waals surface area (Å²) in [6.07, 6.45) is -3.56. The Bertz CT molecular complexity index is 1380. The van der Waals surface area contributed by atoms with Gasteiger partial charge in [0.25, 0.3) is 0 Å². The van der Waals surface area contributed by atoms with Gasteiger partial charge in [0.15, 0.2) is 0 Å². The van der Waals surface area contributed by atoms with E-state index in [1.165, 1.54) is 13.8 Å². The Balaban J connectivity index is 5.92. The van der Waals surface area contributed by atoms with E-state index < -0.39 is 133 Å². The predicted molar refractivity (Wildman–Crippen MR) is 192 cm³/mol. The maximum absolute atomic E-state index is 13.5. The van der Waals surface area contributed by atoms with E-state index in [0.717, 1.165) is 13.8 Å². The molecule has 0 aliphatic carbocycles. The van der Waals surface area contributed by atoms with Gasteiger partial charge in [-0.3, -0.25) is 38.4 Å². The van der Waals surface area contributed by atoms with Crippen LogP contribution in [0.5, 0.6) is 0 Å². The van der Waals surface area contributed by atoms with Gasteiger partial charge in [-0.15, -0.1) is 0 Å². The van der Waals surface area contributed by atoms with Crippen molar-refractivity contribution < 1.29 is 68.7 Å². The molecule has 0 radical (unpaired) electrons. The number of carboxylic acid groups (broad SMARTS) is 2. The van der Waals surface area contributed by atoms with Crippen LogP contribution in [-0.4, -0.2) is 146 Å². The Morgan fingerprint density at radius 2 is 0.945 bits per heavy atom. The quantitative estimate of drug-likeness (QED) is 0.0436. The molecule has 0 aromatic carbocycles. The molecule has 55 heavy (non-hydrogen) atoms. The van der Waals surface area contributed by atoms with Crippen molar-refractivity contribution in [2.24, 2.45) is 17.6 Å². The number of nitrogens with one attached hydrogen (secondary N) is 7. The minimum atomic E-state index is -1.79. The molecule has 0 aliphatic heterocycles. The summed E-state index contributed by atoms with van der Waals surface area (Å²) in [6.45, 7) is 10.6. The Hall–Kier alpha value is -4.93. The molecule has 0 aliphatic rings. The SMILES string of the molecule is CC[C@H](C)[C@H](NC(=O)[C@H](CC(=O)O)NC(=O)[C@@H](N)CC(C)C)C(=O)N[C@H](C(=O)N[C@H](C(=O)N[C@@H](C)C(=O)N[C@@H](C)C(=O)N[C@@H](CO)C(=O)O)[C@@H](C)O)[C@@H](C)O. The van der Waals surface area contributed by atoms with Gasteiger partial charge in [-0.05, 0) is 46.0 Å². The molecule has 0 spiro atoms. The third-order valence-corrected chi connectivity index (χ3v) is 8.29. The van der Waals surface area contributed by atoms with Gasteiger partial charge < -0.3 is 68.5 Å². The molecule has 314 valence electrons. The number of aliphatic hydroxyl groups excluding tert-OH is 3. The molecule has 0 saturated carbocycles. The van der Waals surface area contributed by atoms with Crippen LogP contribution >= 0.6 is 0 Å². The summed E-state index contributed by atoms with van der Waals surface area (Å²) in [5.41, 5.74) is 5.88. The zero-order chi connectivity index (χ0) is 42.9. The van der Waals surface area contributed by atoms with Crippen LogP contribution < -0.4 is 43.0 Å². The normalized spacial score (nSPS) is 17.2. The average molecular weight is 791 g/mol. The highest BCUT2D eigenvalue weighted by Crippen LogP contribution is 2.11. The Morgan fingerprint density at radius 1 is 0.545 bits per heavy atom. The maximum Gasteiger partial charge on any atom is 0.328 e. The van der Waals surface area contributed by atoms with Gasteiger partial charge in [-0.2, -0.15) is 0 Å². The molecule has 0 heterocycles. The molecule has 7 amide bonds. The standard InChI is InChI=1S/C33H58N8O14/c1-9-14(4)23(39-29(50)20(11-22(45)46)37-28(49)19(34)10-13(2)3)30(51)40-25(18(8)44)32(53)41-24(17(7)43)31(52)36-15(5)26(47)35-16(6)27(48)38-21(12-42)33(54)55/h13-21,23-25,42-44H,9-12,34H2,1-8H3,(H,35,47)(H,36,52)(H,37,49)(H,38,48)(H,39,50)(H,40,51)(H,41,53)(H,45,46)(H,54,55)/t14-,15-,16-,17+,18+,19-,20-,21-,23-,24-,25-/m0/s1. The maximum atomic E-state index is 13.5. The van der Waals surface area contributed by atoms with Crippen LogP contribution in [0.15, 0.2) is 0 Å². The van der Waals surface area contributed by atoms with Crippen LogP contribution in [0.25, 0.3) is 0 Å². The van der Waals surface area contributed by atoms with Crippen molar-refractivity contribution in [1.29, 1.82) is 0 Å². The molecule has 22 nitrogen and oxygen atoms in total. The molecule has 22 heteroatoms. The number of nitrogens with two attached hydrogens (primary N) is 1. The van der Waals surface area contributed by atoms with Crippen LogP contribution in [0.3, 0.4) is 0 Å². The van der Waals surface area contributed by atoms with Gasteiger partial charge in [0.1, 0.15) is 42.3 Å². The molecule has 14 N–H and O–H groups in total. The van der Waals surface area contributed by atoms with E-state index in [4.69, 9.17) is 15.9 Å². The van der Waals surface area contributed by atoms with Crippen molar-refractivity contribution in [2.45, 2.75) is 135 Å². The molecule has 0 fully saturated rings. The number of rotatable bonds is 24. The van der Waals surface area contributed by atoms with Crippen LogP contribution in [-0.2, 0) is 43.2 Å². The lowest BCUT2D eigenvalue weighted by molar-refractivity contribution is -0.143. The summed E-state index contributed by atoms with van der Waals surface area (Å²) in [5.74, 6) is -10.6. The van der Waals surface area contributed by atoms with Crippen molar-refractivity contribution in [3.63, 3.8) is 0 Å². The first-order valence-corrected chi connectivity index (χ1v) is 17.7. The average Bonchev–Trinajstić information content (AvgIpc) is 3.08. The Morgan fingerprint density at radius 3 is 1.35 bits per heavy atom. The lowest BCUT2D eigenvalue weighted by atomic mass is 9.96. The number of carboxylic acids is 2. The molecule has 0 rings (SSSR count). The summed E-state index contributed by atoms with van der Waals surface area (Å²) < 4.78 is 0. The fraction of sp³-hybridized carbons (Fsp3) is 0.727. The second-order valence-electron chi connectivity index (χ2n) is 13.8. The van der Waals surface area contributed by atoms with E-state index in [-0.39, 0.29) is 18.8 Å². The number of carbonyl (C=O) groups is 9. The van der Waals surface area contributed by atoms with E-state index in [2.05, 4.69) is 31.9 Å². The molecule has 0 bridgehead atoms. The molecule has 11 atom stereocenters. The van der Waals surface area contributed by atoms with E-state index in [0.29, 0.717) is 0 Å². The summed E-state index contributed by atoms with van der Waals surface area (Å²) in [6, 6.07) is -12.0. The number of carbonyl (C=O) groups excluding carboxylic acids is 7. The van der Waals surface area contributed by atoms with Crippen molar-refractivity contribution in [2.75, 3.05) is 6.61 Å². The first kappa shape index (κ1) is 50.1. The topological polar surface area (TPSA) is 365 Å². The first-order valence-electron chi connectivity index (χ1n) is 17.7.